The van der Waals surface area contributed by atoms with Gasteiger partial charge in [0.15, 0.2) is 0 Å². The normalized spacial score (nSPS) is 21.9. The zero-order valence-corrected chi connectivity index (χ0v) is 12.4. The highest BCUT2D eigenvalue weighted by atomic mass is 32.2. The summed E-state index contributed by atoms with van der Waals surface area (Å²) in [6, 6.07) is 6.46. The lowest BCUT2D eigenvalue weighted by atomic mass is 10.2. The van der Waals surface area contributed by atoms with Gasteiger partial charge in [-0.05, 0) is 19.1 Å². The maximum Gasteiger partial charge on any atom is 0.338 e. The van der Waals surface area contributed by atoms with Gasteiger partial charge in [-0.25, -0.2) is 0 Å². The summed E-state index contributed by atoms with van der Waals surface area (Å²) in [6.07, 6.45) is 2.01. The van der Waals surface area contributed by atoms with Crippen LogP contribution in [0.25, 0.3) is 0 Å². The van der Waals surface area contributed by atoms with Gasteiger partial charge in [0.2, 0.25) is 5.91 Å². The van der Waals surface area contributed by atoms with Crippen LogP contribution in [-0.4, -0.2) is 30.4 Å². The number of hydrogen-bond donors (Lipinski definition) is 0. The molecular formula is C13H13NO4S2. The van der Waals surface area contributed by atoms with Gasteiger partial charge >= 0.3 is 10.1 Å². The second kappa shape index (κ2) is 4.82. The predicted molar refractivity (Wildman–Crippen MR) is 75.2 cm³/mol. The largest absolute Gasteiger partial charge is 0.381 e. The summed E-state index contributed by atoms with van der Waals surface area (Å²) in [4.78, 5) is 13.0. The number of fused-ring (bicyclic) bond motifs is 1. The van der Waals surface area contributed by atoms with Crippen LogP contribution in [0.1, 0.15) is 12.0 Å². The Labute approximate surface area is 121 Å². The quantitative estimate of drug-likeness (QED) is 0.629. The lowest BCUT2D eigenvalue weighted by Crippen LogP contribution is -2.49. The fourth-order valence-electron chi connectivity index (χ4n) is 2.01. The zero-order chi connectivity index (χ0) is 14.3. The van der Waals surface area contributed by atoms with E-state index in [-0.39, 0.29) is 16.2 Å². The first-order chi connectivity index (χ1) is 9.45. The SMILES string of the molecule is Cc1ccc(S(=O)(=O)OC2=CN3C(=O)C[C@@H]3SC2)cc1. The van der Waals surface area contributed by atoms with Crippen LogP contribution in [0.5, 0.6) is 0 Å². The number of thioether (sulfide) groups is 1. The second-order valence-corrected chi connectivity index (χ2v) is 7.43. The van der Waals surface area contributed by atoms with E-state index < -0.39 is 10.1 Å². The molecule has 1 amide bonds. The molecule has 1 aromatic carbocycles. The van der Waals surface area contributed by atoms with Gasteiger partial charge in [0.1, 0.15) is 10.7 Å². The third-order valence-corrected chi connectivity index (χ3v) is 5.69. The number of benzene rings is 1. The van der Waals surface area contributed by atoms with Crippen molar-refractivity contribution < 1.29 is 17.4 Å². The highest BCUT2D eigenvalue weighted by molar-refractivity contribution is 8.00. The molecule has 2 aliphatic heterocycles. The molecule has 3 rings (SSSR count). The van der Waals surface area contributed by atoms with Crippen LogP contribution >= 0.6 is 11.8 Å². The third kappa shape index (κ3) is 2.43. The van der Waals surface area contributed by atoms with Crippen molar-refractivity contribution in [3.8, 4) is 0 Å². The highest BCUT2D eigenvalue weighted by Gasteiger charge is 2.39. The molecule has 2 heterocycles. The number of nitrogens with zero attached hydrogens (tertiary/aromatic N) is 1. The molecule has 0 radical (unpaired) electrons. The van der Waals surface area contributed by atoms with Gasteiger partial charge < -0.3 is 9.08 Å². The van der Waals surface area contributed by atoms with E-state index >= 15 is 0 Å². The van der Waals surface area contributed by atoms with E-state index in [0.29, 0.717) is 17.9 Å². The summed E-state index contributed by atoms with van der Waals surface area (Å²) < 4.78 is 29.4. The molecule has 0 spiro atoms. The summed E-state index contributed by atoms with van der Waals surface area (Å²) in [5.41, 5.74) is 0.977. The summed E-state index contributed by atoms with van der Waals surface area (Å²) in [5.74, 6) is 0.746. The molecule has 5 nitrogen and oxygen atoms in total. The van der Waals surface area contributed by atoms with E-state index in [1.807, 2.05) is 6.92 Å². The van der Waals surface area contributed by atoms with Crippen LogP contribution in [0.3, 0.4) is 0 Å². The van der Waals surface area contributed by atoms with E-state index in [1.54, 1.807) is 12.1 Å². The maximum absolute atomic E-state index is 12.1. The monoisotopic (exact) mass is 311 g/mol. The fraction of sp³-hybridized carbons (Fsp3) is 0.308. The third-order valence-electron chi connectivity index (χ3n) is 3.17. The van der Waals surface area contributed by atoms with Crippen molar-refractivity contribution in [1.29, 1.82) is 0 Å². The van der Waals surface area contributed by atoms with Crippen LogP contribution in [0.15, 0.2) is 41.1 Å². The summed E-state index contributed by atoms with van der Waals surface area (Å²) in [6.45, 7) is 1.88. The van der Waals surface area contributed by atoms with E-state index in [2.05, 4.69) is 0 Å². The first-order valence-corrected chi connectivity index (χ1v) is 8.56. The van der Waals surface area contributed by atoms with Crippen LogP contribution in [0, 0.1) is 6.92 Å². The molecule has 106 valence electrons. The Kier molecular flexibility index (Phi) is 3.25. The summed E-state index contributed by atoms with van der Waals surface area (Å²) in [5, 5.41) is 0.136. The standard InChI is InChI=1S/C13H13NO4S2/c1-9-2-4-11(5-3-9)20(16,17)18-10-7-14-12(15)6-13(14)19-8-10/h2-5,7,13H,6,8H2,1H3/t13-/m0/s1. The number of aryl methyl sites for hydroxylation is 1. The Morgan fingerprint density at radius 1 is 1.30 bits per heavy atom. The molecule has 7 heteroatoms. The van der Waals surface area contributed by atoms with Crippen molar-refractivity contribution in [1.82, 2.24) is 4.90 Å². The van der Waals surface area contributed by atoms with Crippen LogP contribution in [-0.2, 0) is 19.1 Å². The Balaban J connectivity index is 1.80. The van der Waals surface area contributed by atoms with Crippen molar-refractivity contribution in [2.75, 3.05) is 5.75 Å². The highest BCUT2D eigenvalue weighted by Crippen LogP contribution is 2.36. The number of rotatable bonds is 3. The molecule has 0 aromatic heterocycles. The Morgan fingerprint density at radius 2 is 2.00 bits per heavy atom. The maximum atomic E-state index is 12.1. The Bertz CT molecular complexity index is 679. The van der Waals surface area contributed by atoms with Gasteiger partial charge in [-0.2, -0.15) is 8.42 Å². The van der Waals surface area contributed by atoms with Crippen molar-refractivity contribution >= 4 is 27.8 Å². The van der Waals surface area contributed by atoms with Gasteiger partial charge in [-0.3, -0.25) is 4.79 Å². The van der Waals surface area contributed by atoms with Crippen molar-refractivity contribution in [2.24, 2.45) is 0 Å². The Morgan fingerprint density at radius 3 is 2.65 bits per heavy atom. The molecule has 1 fully saturated rings. The average molecular weight is 311 g/mol. The van der Waals surface area contributed by atoms with Crippen molar-refractivity contribution in [3.05, 3.63) is 41.8 Å². The molecule has 20 heavy (non-hydrogen) atoms. The minimum absolute atomic E-state index is 0.00367. The van der Waals surface area contributed by atoms with E-state index in [4.69, 9.17) is 4.18 Å². The molecule has 0 saturated carbocycles. The van der Waals surface area contributed by atoms with Crippen molar-refractivity contribution in [3.63, 3.8) is 0 Å². The smallest absolute Gasteiger partial charge is 0.338 e. The van der Waals surface area contributed by atoms with Gasteiger partial charge in [0.05, 0.1) is 17.5 Å². The molecule has 0 aliphatic carbocycles. The lowest BCUT2D eigenvalue weighted by Gasteiger charge is -2.40. The molecule has 1 atom stereocenters. The summed E-state index contributed by atoms with van der Waals surface area (Å²) in [7, 11) is -3.83. The first kappa shape index (κ1) is 13.5. The van der Waals surface area contributed by atoms with E-state index in [0.717, 1.165) is 5.56 Å². The minimum atomic E-state index is -3.83. The van der Waals surface area contributed by atoms with Gasteiger partial charge in [-0.1, -0.05) is 17.7 Å². The number of carbonyl (C=O) groups is 1. The number of carbonyl (C=O) groups excluding carboxylic acids is 1. The second-order valence-electron chi connectivity index (χ2n) is 4.72. The van der Waals surface area contributed by atoms with E-state index in [9.17, 15) is 13.2 Å². The Hall–Kier alpha value is -1.47. The van der Waals surface area contributed by atoms with E-state index in [1.165, 1.54) is 35.0 Å². The molecule has 1 aromatic rings. The van der Waals surface area contributed by atoms with Crippen molar-refractivity contribution in [2.45, 2.75) is 23.6 Å². The van der Waals surface area contributed by atoms with Gasteiger partial charge in [-0.15, -0.1) is 11.8 Å². The fourth-order valence-corrected chi connectivity index (χ4v) is 4.12. The topological polar surface area (TPSA) is 63.7 Å². The molecule has 0 unspecified atom stereocenters. The number of β-lactam (4-membered cyclic amide) rings is 1. The molecule has 0 bridgehead atoms. The van der Waals surface area contributed by atoms with Gasteiger partial charge in [0, 0.05) is 6.20 Å². The number of hydrogen-bond acceptors (Lipinski definition) is 5. The number of amides is 1. The summed E-state index contributed by atoms with van der Waals surface area (Å²) >= 11 is 1.51. The predicted octanol–water partition coefficient (Wildman–Crippen LogP) is 1.85. The molecular weight excluding hydrogens is 298 g/mol. The first-order valence-electron chi connectivity index (χ1n) is 6.10. The van der Waals surface area contributed by atoms with Crippen LogP contribution in [0.4, 0.5) is 0 Å². The van der Waals surface area contributed by atoms with Crippen LogP contribution < -0.4 is 0 Å². The molecule has 0 N–H and O–H groups in total. The lowest BCUT2D eigenvalue weighted by molar-refractivity contribution is -0.137. The zero-order valence-electron chi connectivity index (χ0n) is 10.8. The molecule has 2 aliphatic rings. The minimum Gasteiger partial charge on any atom is -0.381 e. The van der Waals surface area contributed by atoms with Crippen LogP contribution in [0.2, 0.25) is 0 Å². The average Bonchev–Trinajstić information content (AvgIpc) is 2.40. The van der Waals surface area contributed by atoms with Gasteiger partial charge in [0.25, 0.3) is 0 Å². The molecule has 1 saturated heterocycles.